The van der Waals surface area contributed by atoms with Crippen LogP contribution in [0.3, 0.4) is 0 Å². The minimum atomic E-state index is -0.912. The van der Waals surface area contributed by atoms with Crippen LogP contribution >= 0.6 is 0 Å². The molecule has 190 valence electrons. The number of nitrogens with zero attached hydrogens (tertiary/aromatic N) is 1. The largest absolute Gasteiger partial charge is 0.507 e. The average molecular weight is 504 g/mol. The van der Waals surface area contributed by atoms with Gasteiger partial charge >= 0.3 is 0 Å². The van der Waals surface area contributed by atoms with Crippen LogP contribution in [0.5, 0.6) is 17.2 Å². The van der Waals surface area contributed by atoms with E-state index in [-0.39, 0.29) is 35.2 Å². The highest BCUT2D eigenvalue weighted by molar-refractivity contribution is 6.46. The van der Waals surface area contributed by atoms with Crippen molar-refractivity contribution < 1.29 is 33.7 Å². The summed E-state index contributed by atoms with van der Waals surface area (Å²) in [7, 11) is 0. The van der Waals surface area contributed by atoms with E-state index in [9.17, 15) is 24.2 Å². The van der Waals surface area contributed by atoms with Crippen molar-refractivity contribution in [3.05, 3.63) is 94.3 Å². The van der Waals surface area contributed by atoms with Gasteiger partial charge in [0.25, 0.3) is 11.7 Å². The van der Waals surface area contributed by atoms with Crippen molar-refractivity contribution in [3.8, 4) is 17.2 Å². The van der Waals surface area contributed by atoms with Gasteiger partial charge < -0.3 is 24.6 Å². The van der Waals surface area contributed by atoms with Crippen molar-refractivity contribution >= 4 is 17.4 Å². The van der Waals surface area contributed by atoms with Crippen LogP contribution in [-0.4, -0.2) is 46.6 Å². The zero-order valence-electron chi connectivity index (χ0n) is 20.2. The number of carbonyl (C=O) groups is 2. The number of benzene rings is 3. The van der Waals surface area contributed by atoms with Gasteiger partial charge in [-0.15, -0.1) is 0 Å². The Balaban J connectivity index is 1.59. The molecule has 5 rings (SSSR count). The lowest BCUT2D eigenvalue weighted by atomic mass is 9.94. The molecular weight excluding hydrogens is 477 g/mol. The molecule has 7 nitrogen and oxygen atoms in total. The number of likely N-dealkylation sites (tertiary alicyclic amines) is 1. The van der Waals surface area contributed by atoms with E-state index >= 15 is 0 Å². The number of carbonyl (C=O) groups excluding carboxylic acids is 2. The standard InChI is InChI=1S/C29H26FNO6/c1-2-36-24-16-19(5-9-22(24)32)26-25(27(33)20-6-10-23-18(15-20)12-14-37-23)28(34)29(35)31(26)13-11-17-3-7-21(30)8-4-17/h3-10,15-16,26,32-33H,2,11-14H2,1H3/b27-25+. The van der Waals surface area contributed by atoms with Crippen LogP contribution in [-0.2, 0) is 22.4 Å². The number of aliphatic hydroxyl groups is 1. The maximum atomic E-state index is 13.4. The molecule has 1 saturated heterocycles. The molecule has 2 heterocycles. The van der Waals surface area contributed by atoms with E-state index in [2.05, 4.69) is 0 Å². The fraction of sp³-hybridized carbons (Fsp3) is 0.241. The molecule has 1 amide bonds. The number of hydrogen-bond donors (Lipinski definition) is 2. The van der Waals surface area contributed by atoms with E-state index in [1.54, 1.807) is 49.4 Å². The van der Waals surface area contributed by atoms with E-state index < -0.39 is 17.7 Å². The van der Waals surface area contributed by atoms with Crippen molar-refractivity contribution in [3.63, 3.8) is 0 Å². The molecule has 0 bridgehead atoms. The second-order valence-electron chi connectivity index (χ2n) is 8.95. The van der Waals surface area contributed by atoms with Crippen LogP contribution in [0.2, 0.25) is 0 Å². The van der Waals surface area contributed by atoms with Crippen LogP contribution in [0.4, 0.5) is 4.39 Å². The number of ether oxygens (including phenoxy) is 2. The van der Waals surface area contributed by atoms with Gasteiger partial charge in [-0.3, -0.25) is 9.59 Å². The Hall–Kier alpha value is -4.33. The molecule has 2 aliphatic heterocycles. The van der Waals surface area contributed by atoms with Gasteiger partial charge in [0.2, 0.25) is 0 Å². The summed E-state index contributed by atoms with van der Waals surface area (Å²) in [6.07, 6.45) is 1.05. The zero-order valence-corrected chi connectivity index (χ0v) is 20.2. The molecule has 0 saturated carbocycles. The number of amides is 1. The number of aromatic hydroxyl groups is 1. The lowest BCUT2D eigenvalue weighted by Gasteiger charge is -2.26. The second kappa shape index (κ2) is 9.97. The van der Waals surface area contributed by atoms with Crippen LogP contribution in [0.25, 0.3) is 5.76 Å². The number of fused-ring (bicyclic) bond motifs is 1. The third kappa shape index (κ3) is 4.62. The number of Topliss-reactive ketones (excluding diaryl/α,β-unsaturated/α-hetero) is 1. The monoisotopic (exact) mass is 503 g/mol. The Labute approximate surface area is 213 Å². The summed E-state index contributed by atoms with van der Waals surface area (Å²) in [5.74, 6) is -1.34. The smallest absolute Gasteiger partial charge is 0.295 e. The highest BCUT2D eigenvalue weighted by Gasteiger charge is 2.46. The lowest BCUT2D eigenvalue weighted by Crippen LogP contribution is -2.31. The summed E-state index contributed by atoms with van der Waals surface area (Å²) in [4.78, 5) is 28.0. The van der Waals surface area contributed by atoms with Crippen LogP contribution in [0, 0.1) is 5.82 Å². The first-order valence-corrected chi connectivity index (χ1v) is 12.1. The van der Waals surface area contributed by atoms with E-state index in [1.807, 2.05) is 0 Å². The van der Waals surface area contributed by atoms with Crippen molar-refractivity contribution in [1.82, 2.24) is 4.90 Å². The number of rotatable bonds is 7. The fourth-order valence-corrected chi connectivity index (χ4v) is 4.82. The first-order valence-electron chi connectivity index (χ1n) is 12.1. The van der Waals surface area contributed by atoms with E-state index in [1.165, 1.54) is 23.1 Å². The molecule has 8 heteroatoms. The minimum Gasteiger partial charge on any atom is -0.507 e. The number of aliphatic hydroxyl groups excluding tert-OH is 1. The molecule has 1 unspecified atom stereocenters. The predicted octanol–water partition coefficient (Wildman–Crippen LogP) is 4.53. The SMILES string of the molecule is CCOc1cc(C2/C(=C(\O)c3ccc4c(c3)CCO4)C(=O)C(=O)N2CCc2ccc(F)cc2)ccc1O. The Morgan fingerprint density at radius 3 is 2.65 bits per heavy atom. The molecule has 3 aromatic carbocycles. The third-order valence-corrected chi connectivity index (χ3v) is 6.66. The maximum Gasteiger partial charge on any atom is 0.295 e. The van der Waals surface area contributed by atoms with Crippen LogP contribution < -0.4 is 9.47 Å². The van der Waals surface area contributed by atoms with Gasteiger partial charge in [0.1, 0.15) is 17.3 Å². The minimum absolute atomic E-state index is 0.0453. The van der Waals surface area contributed by atoms with Gasteiger partial charge in [-0.05, 0) is 72.5 Å². The highest BCUT2D eigenvalue weighted by Crippen LogP contribution is 2.42. The number of ketones is 1. The first-order chi connectivity index (χ1) is 17.9. The second-order valence-corrected chi connectivity index (χ2v) is 8.95. The quantitative estimate of drug-likeness (QED) is 0.279. The molecule has 37 heavy (non-hydrogen) atoms. The molecular formula is C29H26FNO6. The Morgan fingerprint density at radius 1 is 1.11 bits per heavy atom. The lowest BCUT2D eigenvalue weighted by molar-refractivity contribution is -0.139. The van der Waals surface area contributed by atoms with Gasteiger partial charge in [-0.1, -0.05) is 18.2 Å². The van der Waals surface area contributed by atoms with Gasteiger partial charge in [0, 0.05) is 18.5 Å². The molecule has 0 aliphatic carbocycles. The van der Waals surface area contributed by atoms with E-state index in [0.29, 0.717) is 37.2 Å². The number of halogens is 1. The number of phenols is 1. The van der Waals surface area contributed by atoms with Crippen molar-refractivity contribution in [2.75, 3.05) is 19.8 Å². The van der Waals surface area contributed by atoms with Crippen molar-refractivity contribution in [2.24, 2.45) is 0 Å². The topological polar surface area (TPSA) is 96.3 Å². The Bertz CT molecular complexity index is 1400. The fourth-order valence-electron chi connectivity index (χ4n) is 4.82. The molecule has 3 aromatic rings. The van der Waals surface area contributed by atoms with E-state index in [0.717, 1.165) is 16.9 Å². The number of phenolic OH excluding ortho intramolecular Hbond substituents is 1. The molecule has 0 radical (unpaired) electrons. The molecule has 0 aromatic heterocycles. The predicted molar refractivity (Wildman–Crippen MR) is 134 cm³/mol. The van der Waals surface area contributed by atoms with Gasteiger partial charge in [-0.2, -0.15) is 0 Å². The van der Waals surface area contributed by atoms with Gasteiger partial charge in [0.05, 0.1) is 24.8 Å². The van der Waals surface area contributed by atoms with Gasteiger partial charge in [-0.25, -0.2) is 4.39 Å². The third-order valence-electron chi connectivity index (χ3n) is 6.66. The molecule has 1 fully saturated rings. The van der Waals surface area contributed by atoms with Crippen LogP contribution in [0.15, 0.2) is 66.2 Å². The van der Waals surface area contributed by atoms with Crippen LogP contribution in [0.1, 0.15) is 35.2 Å². The molecule has 1 atom stereocenters. The summed E-state index contributed by atoms with van der Waals surface area (Å²) in [5, 5.41) is 21.6. The summed E-state index contributed by atoms with van der Waals surface area (Å²) in [6.45, 7) is 2.78. The maximum absolute atomic E-state index is 13.4. The van der Waals surface area contributed by atoms with E-state index in [4.69, 9.17) is 9.47 Å². The Morgan fingerprint density at radius 2 is 1.89 bits per heavy atom. The Kier molecular flexibility index (Phi) is 6.56. The highest BCUT2D eigenvalue weighted by atomic mass is 19.1. The van der Waals surface area contributed by atoms with Crippen molar-refractivity contribution in [2.45, 2.75) is 25.8 Å². The molecule has 2 N–H and O–H groups in total. The summed E-state index contributed by atoms with van der Waals surface area (Å²) < 4.78 is 24.4. The molecule has 0 spiro atoms. The van der Waals surface area contributed by atoms with Crippen molar-refractivity contribution in [1.29, 1.82) is 0 Å². The summed E-state index contributed by atoms with van der Waals surface area (Å²) >= 11 is 0. The summed E-state index contributed by atoms with van der Waals surface area (Å²) in [6, 6.07) is 14.8. The van der Waals surface area contributed by atoms with Gasteiger partial charge in [0.15, 0.2) is 11.5 Å². The zero-order chi connectivity index (χ0) is 26.1. The summed E-state index contributed by atoms with van der Waals surface area (Å²) in [5.41, 5.74) is 2.58. The normalized spacial score (nSPS) is 18.1. The average Bonchev–Trinajstić information content (AvgIpc) is 3.47. The first kappa shape index (κ1) is 24.4. The molecule has 2 aliphatic rings. The number of hydrogen-bond acceptors (Lipinski definition) is 6.